The Morgan fingerprint density at radius 3 is 2.69 bits per heavy atom. The van der Waals surface area contributed by atoms with Crippen molar-refractivity contribution in [2.24, 2.45) is 0 Å². The zero-order valence-electron chi connectivity index (χ0n) is 16.9. The number of carbonyl (C=O) groups excluding carboxylic acids is 1. The average molecular weight is 466 g/mol. The van der Waals surface area contributed by atoms with Gasteiger partial charge in [0.2, 0.25) is 5.95 Å². The maximum atomic E-state index is 12.9. The summed E-state index contributed by atoms with van der Waals surface area (Å²) >= 11 is 3.57. The van der Waals surface area contributed by atoms with Crippen LogP contribution in [0.2, 0.25) is 0 Å². The van der Waals surface area contributed by atoms with Crippen LogP contribution in [0.4, 0.5) is 5.95 Å². The minimum Gasteiger partial charge on any atom is -0.490 e. The van der Waals surface area contributed by atoms with Crippen molar-refractivity contribution in [2.45, 2.75) is 40.2 Å². The number of aromatic nitrogens is 4. The number of nitrogens with one attached hydrogen (secondary N) is 1. The van der Waals surface area contributed by atoms with Gasteiger partial charge in [-0.25, -0.2) is 4.79 Å². The van der Waals surface area contributed by atoms with Crippen molar-refractivity contribution in [3.05, 3.63) is 33.4 Å². The highest BCUT2D eigenvalue weighted by molar-refractivity contribution is 9.10. The molecule has 1 unspecified atom stereocenters. The third-order valence-electron chi connectivity index (χ3n) is 4.31. The predicted octanol–water partition coefficient (Wildman–Crippen LogP) is 3.48. The molecule has 1 aliphatic heterocycles. The van der Waals surface area contributed by atoms with E-state index in [1.807, 2.05) is 32.9 Å². The Bertz CT molecular complexity index is 927. The van der Waals surface area contributed by atoms with Gasteiger partial charge in [0.1, 0.15) is 6.04 Å². The molecule has 29 heavy (non-hydrogen) atoms. The first-order valence-electron chi connectivity index (χ1n) is 9.53. The second-order valence-electron chi connectivity index (χ2n) is 6.35. The van der Waals surface area contributed by atoms with E-state index in [1.54, 1.807) is 11.6 Å². The van der Waals surface area contributed by atoms with Crippen molar-refractivity contribution in [1.29, 1.82) is 0 Å². The number of carbonyl (C=O) groups is 1. The Labute approximate surface area is 177 Å². The van der Waals surface area contributed by atoms with Crippen LogP contribution in [0.3, 0.4) is 0 Å². The number of benzene rings is 1. The zero-order valence-corrected chi connectivity index (χ0v) is 18.4. The number of rotatable bonds is 8. The lowest BCUT2D eigenvalue weighted by Crippen LogP contribution is -2.30. The summed E-state index contributed by atoms with van der Waals surface area (Å²) in [5, 5.41) is 14.9. The van der Waals surface area contributed by atoms with Crippen LogP contribution in [0.5, 0.6) is 11.5 Å². The lowest BCUT2D eigenvalue weighted by atomic mass is 9.95. The van der Waals surface area contributed by atoms with E-state index in [0.717, 1.165) is 12.0 Å². The molecule has 2 aromatic rings. The number of fused-ring (bicyclic) bond motifs is 1. The SMILES string of the molecule is CCCOC(=O)C1=C(C)Nc2nnnn2C1c1cc(Br)c(OCC)c(OCC)c1. The fourth-order valence-corrected chi connectivity index (χ4v) is 3.72. The Balaban J connectivity index is 2.14. The van der Waals surface area contributed by atoms with E-state index >= 15 is 0 Å². The number of halogens is 1. The summed E-state index contributed by atoms with van der Waals surface area (Å²) in [7, 11) is 0. The van der Waals surface area contributed by atoms with Gasteiger partial charge in [0, 0.05) is 5.70 Å². The van der Waals surface area contributed by atoms with Gasteiger partial charge in [0.05, 0.1) is 29.9 Å². The first-order chi connectivity index (χ1) is 14.0. The fraction of sp³-hybridized carbons (Fsp3) is 0.474. The van der Waals surface area contributed by atoms with Gasteiger partial charge < -0.3 is 19.5 Å². The minimum atomic E-state index is -0.572. The monoisotopic (exact) mass is 465 g/mol. The molecule has 156 valence electrons. The van der Waals surface area contributed by atoms with Gasteiger partial charge in [-0.2, -0.15) is 4.68 Å². The number of esters is 1. The standard InChI is InChI=1S/C19H24BrN5O4/c1-5-8-29-18(26)15-11(4)21-19-22-23-24-25(19)16(15)12-9-13(20)17(28-7-3)14(10-12)27-6-2/h9-10,16H,5-8H2,1-4H3,(H,21,22,24). The van der Waals surface area contributed by atoms with Crippen molar-refractivity contribution >= 4 is 27.8 Å². The molecule has 1 aromatic heterocycles. The number of nitrogens with zero attached hydrogens (tertiary/aromatic N) is 4. The van der Waals surface area contributed by atoms with Gasteiger partial charge in [0.15, 0.2) is 11.5 Å². The summed E-state index contributed by atoms with van der Waals surface area (Å²) < 4.78 is 19.2. The van der Waals surface area contributed by atoms with Crippen molar-refractivity contribution in [3.8, 4) is 11.5 Å². The molecule has 0 spiro atoms. The third-order valence-corrected chi connectivity index (χ3v) is 4.90. The smallest absolute Gasteiger partial charge is 0.338 e. The van der Waals surface area contributed by atoms with E-state index < -0.39 is 12.0 Å². The lowest BCUT2D eigenvalue weighted by Gasteiger charge is -2.28. The first-order valence-corrected chi connectivity index (χ1v) is 10.3. The average Bonchev–Trinajstić information content (AvgIpc) is 3.15. The Kier molecular flexibility index (Phi) is 6.73. The lowest BCUT2D eigenvalue weighted by molar-refractivity contribution is -0.139. The van der Waals surface area contributed by atoms with Gasteiger partial charge in [-0.1, -0.05) is 12.0 Å². The van der Waals surface area contributed by atoms with Crippen molar-refractivity contribution in [1.82, 2.24) is 20.2 Å². The number of ether oxygens (including phenoxy) is 3. The summed E-state index contributed by atoms with van der Waals surface area (Å²) in [4.78, 5) is 12.9. The zero-order chi connectivity index (χ0) is 21.0. The molecule has 3 rings (SSSR count). The second kappa shape index (κ2) is 9.25. The molecule has 0 aliphatic carbocycles. The maximum absolute atomic E-state index is 12.9. The fourth-order valence-electron chi connectivity index (χ4n) is 3.15. The van der Waals surface area contributed by atoms with E-state index in [-0.39, 0.29) is 0 Å². The summed E-state index contributed by atoms with van der Waals surface area (Å²) in [5.41, 5.74) is 1.85. The van der Waals surface area contributed by atoms with Crippen LogP contribution in [-0.4, -0.2) is 46.0 Å². The molecule has 1 aromatic carbocycles. The van der Waals surface area contributed by atoms with E-state index in [1.165, 1.54) is 0 Å². The number of tetrazole rings is 1. The van der Waals surface area contributed by atoms with Crippen LogP contribution in [0.15, 0.2) is 27.9 Å². The van der Waals surface area contributed by atoms with Gasteiger partial charge in [0.25, 0.3) is 0 Å². The first kappa shape index (κ1) is 21.1. The van der Waals surface area contributed by atoms with E-state index in [4.69, 9.17) is 14.2 Å². The summed E-state index contributed by atoms with van der Waals surface area (Å²) in [6, 6.07) is 3.16. The number of allylic oxidation sites excluding steroid dienone is 1. The molecule has 10 heteroatoms. The second-order valence-corrected chi connectivity index (χ2v) is 7.20. The van der Waals surface area contributed by atoms with Crippen LogP contribution < -0.4 is 14.8 Å². The topological polar surface area (TPSA) is 100 Å². The Hall–Kier alpha value is -2.62. The van der Waals surface area contributed by atoms with Crippen molar-refractivity contribution in [3.63, 3.8) is 0 Å². The summed E-state index contributed by atoms with van der Waals surface area (Å²) in [5.74, 6) is 1.22. The number of anilines is 1. The van der Waals surface area contributed by atoms with Crippen molar-refractivity contribution in [2.75, 3.05) is 25.1 Å². The normalized spacial score (nSPS) is 15.6. The highest BCUT2D eigenvalue weighted by Crippen LogP contribution is 2.42. The maximum Gasteiger partial charge on any atom is 0.338 e. The molecule has 0 amide bonds. The van der Waals surface area contributed by atoms with Crippen LogP contribution >= 0.6 is 15.9 Å². The molecule has 0 saturated heterocycles. The van der Waals surface area contributed by atoms with E-state index in [2.05, 4.69) is 36.8 Å². The molecule has 2 heterocycles. The van der Waals surface area contributed by atoms with Crippen LogP contribution in [-0.2, 0) is 9.53 Å². The van der Waals surface area contributed by atoms with Gasteiger partial charge >= 0.3 is 5.97 Å². The Morgan fingerprint density at radius 1 is 1.24 bits per heavy atom. The molecular formula is C19H24BrN5O4. The molecule has 1 atom stereocenters. The Morgan fingerprint density at radius 2 is 2.00 bits per heavy atom. The molecule has 0 fully saturated rings. The van der Waals surface area contributed by atoms with E-state index in [0.29, 0.717) is 53.0 Å². The van der Waals surface area contributed by atoms with Gasteiger partial charge in [-0.15, -0.1) is 0 Å². The summed E-state index contributed by atoms with van der Waals surface area (Å²) in [6.45, 7) is 8.86. The highest BCUT2D eigenvalue weighted by Gasteiger charge is 2.35. The minimum absolute atomic E-state index is 0.335. The molecule has 0 radical (unpaired) electrons. The molecule has 1 N–H and O–H groups in total. The van der Waals surface area contributed by atoms with Crippen molar-refractivity contribution < 1.29 is 19.0 Å². The predicted molar refractivity (Wildman–Crippen MR) is 110 cm³/mol. The number of hydrogen-bond acceptors (Lipinski definition) is 8. The quantitative estimate of drug-likeness (QED) is 0.591. The van der Waals surface area contributed by atoms with E-state index in [9.17, 15) is 4.79 Å². The largest absolute Gasteiger partial charge is 0.490 e. The van der Waals surface area contributed by atoms with Gasteiger partial charge in [-0.3, -0.25) is 0 Å². The van der Waals surface area contributed by atoms with Crippen LogP contribution in [0, 0.1) is 0 Å². The van der Waals surface area contributed by atoms with Crippen LogP contribution in [0.1, 0.15) is 45.7 Å². The summed E-state index contributed by atoms with van der Waals surface area (Å²) in [6.07, 6.45) is 0.732. The highest BCUT2D eigenvalue weighted by atomic mass is 79.9. The molecule has 9 nitrogen and oxygen atoms in total. The van der Waals surface area contributed by atoms with Gasteiger partial charge in [-0.05, 0) is 71.2 Å². The van der Waals surface area contributed by atoms with Crippen LogP contribution in [0.25, 0.3) is 0 Å². The third kappa shape index (κ3) is 4.21. The molecule has 1 aliphatic rings. The number of hydrogen-bond donors (Lipinski definition) is 1. The molecular weight excluding hydrogens is 442 g/mol. The molecule has 0 saturated carbocycles. The molecule has 0 bridgehead atoms.